The number of oxazole rings is 1. The van der Waals surface area contributed by atoms with Crippen LogP contribution < -0.4 is 5.32 Å². The van der Waals surface area contributed by atoms with E-state index in [1.54, 1.807) is 0 Å². The Labute approximate surface area is 103 Å². The van der Waals surface area contributed by atoms with Gasteiger partial charge in [-0.15, -0.1) is 0 Å². The molecule has 98 valence electrons. The largest absolute Gasteiger partial charge is 0.444 e. The Morgan fingerprint density at radius 3 is 2.47 bits per heavy atom. The number of hydrogen-bond donors (Lipinski definition) is 2. The summed E-state index contributed by atoms with van der Waals surface area (Å²) in [5, 5.41) is 13.0. The van der Waals surface area contributed by atoms with Crippen molar-refractivity contribution >= 4 is 0 Å². The van der Waals surface area contributed by atoms with Crippen molar-refractivity contribution in [2.24, 2.45) is 5.41 Å². The number of nitrogens with zero attached hydrogens (tertiary/aromatic N) is 1. The highest BCUT2D eigenvalue weighted by Gasteiger charge is 2.16. The van der Waals surface area contributed by atoms with Crippen LogP contribution in [0.4, 0.5) is 0 Å². The first-order valence-corrected chi connectivity index (χ1v) is 6.09. The lowest BCUT2D eigenvalue weighted by Crippen LogP contribution is -2.29. The Morgan fingerprint density at radius 1 is 1.35 bits per heavy atom. The number of aryl methyl sites for hydroxylation is 2. The molecule has 0 aromatic carbocycles. The Kier molecular flexibility index (Phi) is 4.71. The first-order chi connectivity index (χ1) is 7.78. The maximum atomic E-state index is 9.81. The van der Waals surface area contributed by atoms with E-state index >= 15 is 0 Å². The van der Waals surface area contributed by atoms with Crippen molar-refractivity contribution in [3.8, 4) is 0 Å². The van der Waals surface area contributed by atoms with Crippen LogP contribution in [-0.2, 0) is 6.54 Å². The highest BCUT2D eigenvalue weighted by Crippen LogP contribution is 2.20. The van der Waals surface area contributed by atoms with Gasteiger partial charge in [-0.25, -0.2) is 4.98 Å². The van der Waals surface area contributed by atoms with Crippen molar-refractivity contribution < 1.29 is 9.52 Å². The van der Waals surface area contributed by atoms with E-state index in [1.807, 2.05) is 13.8 Å². The van der Waals surface area contributed by atoms with E-state index in [9.17, 15) is 5.11 Å². The van der Waals surface area contributed by atoms with Crippen molar-refractivity contribution in [2.45, 2.75) is 53.7 Å². The summed E-state index contributed by atoms with van der Waals surface area (Å²) in [7, 11) is 0. The fourth-order valence-electron chi connectivity index (χ4n) is 1.74. The minimum atomic E-state index is -0.327. The topological polar surface area (TPSA) is 58.3 Å². The quantitative estimate of drug-likeness (QED) is 0.828. The normalized spacial score (nSPS) is 14.0. The monoisotopic (exact) mass is 240 g/mol. The molecule has 0 radical (unpaired) electrons. The van der Waals surface area contributed by atoms with Gasteiger partial charge in [0.2, 0.25) is 5.89 Å². The van der Waals surface area contributed by atoms with E-state index in [2.05, 4.69) is 31.1 Å². The number of aliphatic hydroxyl groups is 1. The summed E-state index contributed by atoms with van der Waals surface area (Å²) >= 11 is 0. The summed E-state index contributed by atoms with van der Waals surface area (Å²) in [5.74, 6) is 1.54. The highest BCUT2D eigenvalue weighted by atomic mass is 16.4. The van der Waals surface area contributed by atoms with Crippen LogP contribution in [0, 0.1) is 19.3 Å². The molecule has 4 heteroatoms. The summed E-state index contributed by atoms with van der Waals surface area (Å²) in [6, 6.07) is 0. The van der Waals surface area contributed by atoms with Crippen LogP contribution in [0.25, 0.3) is 0 Å². The summed E-state index contributed by atoms with van der Waals surface area (Å²) < 4.78 is 5.44. The number of rotatable bonds is 5. The van der Waals surface area contributed by atoms with E-state index in [0.717, 1.165) is 17.9 Å². The molecule has 1 unspecified atom stereocenters. The maximum Gasteiger partial charge on any atom is 0.208 e. The summed E-state index contributed by atoms with van der Waals surface area (Å²) in [4.78, 5) is 4.27. The van der Waals surface area contributed by atoms with E-state index in [1.165, 1.54) is 0 Å². The molecular formula is C13H24N2O2. The Balaban J connectivity index is 2.28. The SMILES string of the molecule is Cc1nc(CNCC(O)CC(C)(C)C)oc1C. The molecule has 0 fully saturated rings. The molecule has 1 aromatic rings. The first-order valence-electron chi connectivity index (χ1n) is 6.09. The van der Waals surface area contributed by atoms with Gasteiger partial charge < -0.3 is 14.8 Å². The van der Waals surface area contributed by atoms with Gasteiger partial charge in [0.25, 0.3) is 0 Å². The summed E-state index contributed by atoms with van der Waals surface area (Å²) in [5.41, 5.74) is 1.08. The minimum absolute atomic E-state index is 0.150. The van der Waals surface area contributed by atoms with Crippen LogP contribution in [0.2, 0.25) is 0 Å². The van der Waals surface area contributed by atoms with Gasteiger partial charge in [-0.1, -0.05) is 20.8 Å². The molecule has 2 N–H and O–H groups in total. The van der Waals surface area contributed by atoms with Gasteiger partial charge in [0.05, 0.1) is 18.3 Å². The van der Waals surface area contributed by atoms with Crippen molar-refractivity contribution in [2.75, 3.05) is 6.54 Å². The smallest absolute Gasteiger partial charge is 0.208 e. The average molecular weight is 240 g/mol. The molecule has 0 aliphatic heterocycles. The minimum Gasteiger partial charge on any atom is -0.444 e. The predicted molar refractivity (Wildman–Crippen MR) is 67.8 cm³/mol. The van der Waals surface area contributed by atoms with Gasteiger partial charge in [-0.2, -0.15) is 0 Å². The molecule has 0 aliphatic rings. The lowest BCUT2D eigenvalue weighted by molar-refractivity contribution is 0.119. The zero-order valence-electron chi connectivity index (χ0n) is 11.5. The molecule has 1 aromatic heterocycles. The standard InChI is InChI=1S/C13H24N2O2/c1-9-10(2)17-12(15-9)8-14-7-11(16)6-13(3,4)5/h11,14,16H,6-8H2,1-5H3. The van der Waals surface area contributed by atoms with Crippen LogP contribution in [0.15, 0.2) is 4.42 Å². The first kappa shape index (κ1) is 14.2. The number of nitrogens with one attached hydrogen (secondary N) is 1. The van der Waals surface area contributed by atoms with Gasteiger partial charge in [0.1, 0.15) is 5.76 Å². The molecule has 0 aliphatic carbocycles. The highest BCUT2D eigenvalue weighted by molar-refractivity contribution is 5.05. The van der Waals surface area contributed by atoms with Crippen molar-refractivity contribution in [3.63, 3.8) is 0 Å². The second-order valence-corrected chi connectivity index (χ2v) is 5.80. The second-order valence-electron chi connectivity index (χ2n) is 5.80. The Morgan fingerprint density at radius 2 is 2.00 bits per heavy atom. The third-order valence-corrected chi connectivity index (χ3v) is 2.58. The van der Waals surface area contributed by atoms with Gasteiger partial charge in [-0.3, -0.25) is 0 Å². The van der Waals surface area contributed by atoms with Crippen molar-refractivity contribution in [1.29, 1.82) is 0 Å². The molecule has 1 rings (SSSR count). The second kappa shape index (κ2) is 5.65. The fourth-order valence-corrected chi connectivity index (χ4v) is 1.74. The van der Waals surface area contributed by atoms with Crippen LogP contribution in [0.1, 0.15) is 44.5 Å². The van der Waals surface area contributed by atoms with Crippen LogP contribution in [-0.4, -0.2) is 22.7 Å². The Bertz CT molecular complexity index is 333. The number of aliphatic hydroxyl groups excluding tert-OH is 1. The van der Waals surface area contributed by atoms with E-state index in [0.29, 0.717) is 19.0 Å². The third kappa shape index (κ3) is 5.33. The fraction of sp³-hybridized carbons (Fsp3) is 0.769. The predicted octanol–water partition coefficient (Wildman–Crippen LogP) is 2.18. The molecule has 0 bridgehead atoms. The van der Waals surface area contributed by atoms with E-state index in [-0.39, 0.29) is 11.5 Å². The van der Waals surface area contributed by atoms with E-state index < -0.39 is 0 Å². The third-order valence-electron chi connectivity index (χ3n) is 2.58. The number of aromatic nitrogens is 1. The molecule has 0 amide bonds. The van der Waals surface area contributed by atoms with Crippen LogP contribution >= 0.6 is 0 Å². The molecular weight excluding hydrogens is 216 g/mol. The lowest BCUT2D eigenvalue weighted by atomic mass is 9.89. The van der Waals surface area contributed by atoms with Gasteiger partial charge in [0, 0.05) is 6.54 Å². The van der Waals surface area contributed by atoms with Gasteiger partial charge >= 0.3 is 0 Å². The van der Waals surface area contributed by atoms with Crippen LogP contribution in [0.3, 0.4) is 0 Å². The molecule has 1 heterocycles. The van der Waals surface area contributed by atoms with Gasteiger partial charge in [-0.05, 0) is 25.7 Å². The summed E-state index contributed by atoms with van der Waals surface area (Å²) in [6.45, 7) is 11.3. The lowest BCUT2D eigenvalue weighted by Gasteiger charge is -2.22. The zero-order valence-corrected chi connectivity index (χ0v) is 11.5. The van der Waals surface area contributed by atoms with Crippen molar-refractivity contribution in [1.82, 2.24) is 10.3 Å². The van der Waals surface area contributed by atoms with Gasteiger partial charge in [0.15, 0.2) is 0 Å². The number of hydrogen-bond acceptors (Lipinski definition) is 4. The molecule has 0 saturated heterocycles. The Hall–Kier alpha value is -0.870. The zero-order chi connectivity index (χ0) is 13.1. The summed E-state index contributed by atoms with van der Waals surface area (Å²) in [6.07, 6.45) is 0.455. The van der Waals surface area contributed by atoms with Crippen LogP contribution in [0.5, 0.6) is 0 Å². The molecule has 17 heavy (non-hydrogen) atoms. The molecule has 0 spiro atoms. The maximum absolute atomic E-state index is 9.81. The van der Waals surface area contributed by atoms with E-state index in [4.69, 9.17) is 4.42 Å². The molecule has 1 atom stereocenters. The van der Waals surface area contributed by atoms with Crippen molar-refractivity contribution in [3.05, 3.63) is 17.3 Å². The molecule has 0 saturated carbocycles. The molecule has 4 nitrogen and oxygen atoms in total. The average Bonchev–Trinajstić information content (AvgIpc) is 2.43.